The van der Waals surface area contributed by atoms with Gasteiger partial charge in [-0.15, -0.1) is 11.3 Å². The Kier molecular flexibility index (Phi) is 9.62. The van der Waals surface area contributed by atoms with Crippen LogP contribution in [0, 0.1) is 23.1 Å². The summed E-state index contributed by atoms with van der Waals surface area (Å²) in [5.74, 6) is -2.14. The summed E-state index contributed by atoms with van der Waals surface area (Å²) in [6.07, 6.45) is 1.90. The monoisotopic (exact) mass is 601 g/mol. The fourth-order valence-electron chi connectivity index (χ4n) is 5.91. The zero-order valence-electron chi connectivity index (χ0n) is 25.3. The van der Waals surface area contributed by atoms with Gasteiger partial charge in [0.05, 0.1) is 35.4 Å². The number of esters is 1. The highest BCUT2D eigenvalue weighted by Crippen LogP contribution is 2.38. The molecule has 230 valence electrons. The van der Waals surface area contributed by atoms with E-state index in [-0.39, 0.29) is 35.4 Å². The predicted molar refractivity (Wildman–Crippen MR) is 163 cm³/mol. The van der Waals surface area contributed by atoms with Crippen molar-refractivity contribution in [3.63, 3.8) is 0 Å². The molecular weight excluding hydrogens is 557 g/mol. The van der Waals surface area contributed by atoms with Crippen LogP contribution in [0.5, 0.6) is 0 Å². The Morgan fingerprint density at radius 3 is 2.64 bits per heavy atom. The van der Waals surface area contributed by atoms with Gasteiger partial charge in [0, 0.05) is 34.9 Å². The molecule has 2 aromatic rings. The fraction of sp³-hybridized carbons (Fsp3) is 0.594. The Labute approximate surface area is 251 Å². The summed E-state index contributed by atoms with van der Waals surface area (Å²) in [6, 6.07) is 4.72. The molecule has 5 N–H and O–H groups in total. The molecule has 1 aromatic carbocycles. The van der Waals surface area contributed by atoms with Crippen LogP contribution in [-0.4, -0.2) is 56.8 Å². The number of fused-ring (bicyclic) bond motifs is 1. The molecule has 3 heterocycles. The van der Waals surface area contributed by atoms with Crippen molar-refractivity contribution in [1.29, 1.82) is 0 Å². The van der Waals surface area contributed by atoms with Crippen LogP contribution in [0.25, 0.3) is 16.6 Å². The second-order valence-corrected chi connectivity index (χ2v) is 13.8. The number of carbonyl (C=O) groups excluding carboxylic acids is 2. The number of ether oxygens (including phenoxy) is 1. The van der Waals surface area contributed by atoms with Crippen molar-refractivity contribution in [1.82, 2.24) is 10.3 Å². The molecule has 7 atom stereocenters. The maximum absolute atomic E-state index is 14.0. The van der Waals surface area contributed by atoms with Gasteiger partial charge in [0.2, 0.25) is 0 Å². The number of anilines is 1. The summed E-state index contributed by atoms with van der Waals surface area (Å²) in [5.41, 5.74) is 6.39. The Morgan fingerprint density at radius 1 is 1.24 bits per heavy atom. The van der Waals surface area contributed by atoms with E-state index < -0.39 is 41.4 Å². The van der Waals surface area contributed by atoms with Crippen molar-refractivity contribution in [2.45, 2.75) is 104 Å². The molecule has 0 aliphatic carbocycles. The normalized spacial score (nSPS) is 33.1. The number of rotatable bonds is 3. The van der Waals surface area contributed by atoms with E-state index in [1.54, 1.807) is 26.8 Å². The summed E-state index contributed by atoms with van der Waals surface area (Å²) in [4.78, 5) is 31.1. The minimum atomic E-state index is -1.27. The largest absolute Gasteiger partial charge is 0.458 e. The topological polar surface area (TPSA) is 145 Å². The Balaban J connectivity index is 1.57. The van der Waals surface area contributed by atoms with Gasteiger partial charge in [0.1, 0.15) is 22.7 Å². The molecule has 2 saturated heterocycles. The van der Waals surface area contributed by atoms with Gasteiger partial charge < -0.3 is 26.0 Å². The number of benzene rings is 1. The maximum Gasteiger partial charge on any atom is 0.309 e. The first kappa shape index (κ1) is 32.3. The maximum atomic E-state index is 14.0. The highest BCUT2D eigenvalue weighted by atomic mass is 32.1. The highest BCUT2D eigenvalue weighted by Gasteiger charge is 2.50. The van der Waals surface area contributed by atoms with E-state index in [1.165, 1.54) is 23.5 Å². The molecule has 1 aromatic heterocycles. The smallest absolute Gasteiger partial charge is 0.309 e. The van der Waals surface area contributed by atoms with Crippen molar-refractivity contribution in [3.05, 3.63) is 40.7 Å². The number of nitrogen functional groups attached to an aromatic ring is 1. The molecule has 0 spiro atoms. The van der Waals surface area contributed by atoms with Gasteiger partial charge >= 0.3 is 5.97 Å². The predicted octanol–water partition coefficient (Wildman–Crippen LogP) is 5.13. The molecule has 0 saturated carbocycles. The number of carbonyl (C=O) groups is 2. The average molecular weight is 602 g/mol. The minimum Gasteiger partial charge on any atom is -0.458 e. The third-order valence-electron chi connectivity index (χ3n) is 9.26. The molecule has 0 unspecified atom stereocenters. The molecule has 0 amide bonds. The molecule has 2 aliphatic heterocycles. The van der Waals surface area contributed by atoms with Gasteiger partial charge in [0.25, 0.3) is 0 Å². The Morgan fingerprint density at radius 2 is 1.95 bits per heavy atom. The minimum absolute atomic E-state index is 0.0771. The van der Waals surface area contributed by atoms with Gasteiger partial charge in [-0.1, -0.05) is 34.1 Å². The summed E-state index contributed by atoms with van der Waals surface area (Å²) >= 11 is 1.38. The number of Topliss-reactive ketones (excluding diaryl/α,β-unsaturated/α-hetero) is 1. The van der Waals surface area contributed by atoms with Crippen LogP contribution in [0.15, 0.2) is 29.2 Å². The summed E-state index contributed by atoms with van der Waals surface area (Å²) < 4.78 is 20.0. The van der Waals surface area contributed by atoms with Crippen molar-refractivity contribution < 1.29 is 28.9 Å². The molecule has 10 heteroatoms. The highest BCUT2D eigenvalue weighted by molar-refractivity contribution is 7.13. The lowest BCUT2D eigenvalue weighted by molar-refractivity contribution is -0.154. The lowest BCUT2D eigenvalue weighted by Crippen LogP contribution is -2.45. The third kappa shape index (κ3) is 7.10. The first-order valence-corrected chi connectivity index (χ1v) is 15.6. The van der Waals surface area contributed by atoms with Crippen LogP contribution in [0.2, 0.25) is 0 Å². The van der Waals surface area contributed by atoms with Crippen molar-refractivity contribution >= 4 is 34.9 Å². The molecule has 4 rings (SSSR count). The number of thiazole rings is 1. The number of hydrogen-bond donors (Lipinski definition) is 4. The number of aromatic nitrogens is 1. The molecule has 0 radical (unpaired) electrons. The van der Waals surface area contributed by atoms with Crippen LogP contribution >= 0.6 is 11.3 Å². The first-order chi connectivity index (χ1) is 19.6. The summed E-state index contributed by atoms with van der Waals surface area (Å²) in [6.45, 7) is 10.9. The van der Waals surface area contributed by atoms with Crippen molar-refractivity contribution in [3.8, 4) is 10.6 Å². The van der Waals surface area contributed by atoms with Crippen LogP contribution in [0.3, 0.4) is 0 Å². The SMILES string of the molecule is C/C(=C\c1csc(-c2ccc(N)c(F)c2)n1)[C@@H]1C[C@@H]2N[C@]2(C)CCC[C@H](C)[C@H](O)[C@@H](C)C(=O)C(C)(C)[C@@H](O)CC(=O)O1. The number of halogens is 1. The lowest BCUT2D eigenvalue weighted by atomic mass is 9.73. The van der Waals surface area contributed by atoms with Crippen molar-refractivity contribution in [2.75, 3.05) is 5.73 Å². The van der Waals surface area contributed by atoms with E-state index in [9.17, 15) is 24.2 Å². The number of nitrogens with one attached hydrogen (secondary N) is 1. The van der Waals surface area contributed by atoms with Gasteiger partial charge in [-0.05, 0) is 62.5 Å². The summed E-state index contributed by atoms with van der Waals surface area (Å²) in [7, 11) is 0. The fourth-order valence-corrected chi connectivity index (χ4v) is 6.69. The first-order valence-electron chi connectivity index (χ1n) is 14.7. The number of aliphatic hydroxyl groups excluding tert-OH is 2. The van der Waals surface area contributed by atoms with Gasteiger partial charge in [-0.2, -0.15) is 0 Å². The van der Waals surface area contributed by atoms with Gasteiger partial charge in [-0.3, -0.25) is 9.59 Å². The van der Waals surface area contributed by atoms with E-state index in [0.717, 1.165) is 24.8 Å². The van der Waals surface area contributed by atoms with Crippen LogP contribution in [-0.2, 0) is 14.3 Å². The van der Waals surface area contributed by atoms with E-state index in [1.807, 2.05) is 25.3 Å². The third-order valence-corrected chi connectivity index (χ3v) is 10.2. The van der Waals surface area contributed by atoms with Gasteiger partial charge in [0.15, 0.2) is 0 Å². The Hall–Kier alpha value is -2.66. The van der Waals surface area contributed by atoms with E-state index in [0.29, 0.717) is 22.7 Å². The number of nitrogens with two attached hydrogens (primary N) is 1. The number of cyclic esters (lactones) is 1. The number of hydrogen-bond acceptors (Lipinski definition) is 9. The standard InChI is InChI=1S/C32H44FN3O5S/c1-17-8-7-11-32(6)25(36-32)14-24(41-27(38)15-26(37)31(4,5)29(40)19(3)28(17)39)18(2)12-21-16-42-30(35-21)20-9-10-23(34)22(33)13-20/h9-10,12-13,16-17,19,24-26,28,36-37,39H,7-8,11,14-15,34H2,1-6H3/b18-12+/t17-,19+,24-,25-,26-,28-,32+/m0/s1. The number of ketones is 1. The van der Waals surface area contributed by atoms with Crippen LogP contribution < -0.4 is 11.1 Å². The molecule has 2 fully saturated rings. The second kappa shape index (κ2) is 12.5. The van der Waals surface area contributed by atoms with Crippen LogP contribution in [0.4, 0.5) is 10.1 Å². The van der Waals surface area contributed by atoms with E-state index >= 15 is 0 Å². The molecule has 8 nitrogen and oxygen atoms in total. The molecule has 2 aliphatic rings. The second-order valence-electron chi connectivity index (χ2n) is 13.0. The molecule has 0 bridgehead atoms. The van der Waals surface area contributed by atoms with Crippen molar-refractivity contribution in [2.24, 2.45) is 17.3 Å². The quantitative estimate of drug-likeness (QED) is 0.215. The van der Waals surface area contributed by atoms with Gasteiger partial charge in [-0.25, -0.2) is 9.37 Å². The number of nitrogens with zero attached hydrogens (tertiary/aromatic N) is 1. The average Bonchev–Trinajstić information content (AvgIpc) is 3.32. The summed E-state index contributed by atoms with van der Waals surface area (Å²) in [5, 5.41) is 28.0. The molecule has 42 heavy (non-hydrogen) atoms. The van der Waals surface area contributed by atoms with Crippen LogP contribution in [0.1, 0.15) is 79.3 Å². The zero-order chi connectivity index (χ0) is 31.0. The van der Waals surface area contributed by atoms with E-state index in [2.05, 4.69) is 17.2 Å². The zero-order valence-corrected chi connectivity index (χ0v) is 26.1. The van der Waals surface area contributed by atoms with E-state index in [4.69, 9.17) is 10.5 Å². The lowest BCUT2D eigenvalue weighted by Gasteiger charge is -2.34. The number of aliphatic hydroxyl groups is 2. The molecular formula is C32H44FN3O5S. The Bertz CT molecular complexity index is 1340.